The molecule has 7 heteroatoms. The maximum atomic E-state index is 12.1. The summed E-state index contributed by atoms with van der Waals surface area (Å²) >= 11 is 0. The highest BCUT2D eigenvalue weighted by Crippen LogP contribution is 2.44. The van der Waals surface area contributed by atoms with Crippen LogP contribution in [-0.4, -0.2) is 42.8 Å². The Morgan fingerprint density at radius 1 is 0.906 bits per heavy atom. The number of hydrogen-bond acceptors (Lipinski definition) is 4. The molecule has 0 atom stereocenters. The van der Waals surface area contributed by atoms with E-state index in [9.17, 15) is 14.4 Å². The van der Waals surface area contributed by atoms with E-state index in [1.807, 2.05) is 30.2 Å². The molecule has 2 amide bonds. The monoisotopic (exact) mass is 434 g/mol. The molecule has 0 aromatic heterocycles. The SMILES string of the molecule is O=C(O)C#CCNC(=O)CCCCCNC(=O)OCC1c2ccccc2-c2ccccc21. The van der Waals surface area contributed by atoms with Crippen LogP contribution in [0, 0.1) is 11.8 Å². The minimum Gasteiger partial charge on any atom is -0.472 e. The lowest BCUT2D eigenvalue weighted by Gasteiger charge is -2.14. The van der Waals surface area contributed by atoms with Crippen LogP contribution in [0.25, 0.3) is 11.1 Å². The van der Waals surface area contributed by atoms with Crippen LogP contribution in [-0.2, 0) is 14.3 Å². The van der Waals surface area contributed by atoms with E-state index in [4.69, 9.17) is 9.84 Å². The Labute approximate surface area is 187 Å². The van der Waals surface area contributed by atoms with Crippen molar-refractivity contribution >= 4 is 18.0 Å². The Morgan fingerprint density at radius 2 is 1.56 bits per heavy atom. The van der Waals surface area contributed by atoms with Gasteiger partial charge in [-0.25, -0.2) is 9.59 Å². The van der Waals surface area contributed by atoms with Crippen molar-refractivity contribution in [2.24, 2.45) is 0 Å². The Bertz CT molecular complexity index is 992. The maximum Gasteiger partial charge on any atom is 0.407 e. The molecule has 0 fully saturated rings. The van der Waals surface area contributed by atoms with E-state index in [-0.39, 0.29) is 25.0 Å². The molecule has 2 aromatic rings. The number of fused-ring (bicyclic) bond motifs is 3. The van der Waals surface area contributed by atoms with Gasteiger partial charge in [0.15, 0.2) is 0 Å². The van der Waals surface area contributed by atoms with Gasteiger partial charge in [0.2, 0.25) is 5.91 Å². The molecule has 0 aliphatic heterocycles. The summed E-state index contributed by atoms with van der Waals surface area (Å²) in [5.74, 6) is 2.92. The number of benzene rings is 2. The van der Waals surface area contributed by atoms with Gasteiger partial charge in [0.1, 0.15) is 6.61 Å². The summed E-state index contributed by atoms with van der Waals surface area (Å²) in [4.78, 5) is 34.0. The number of hydrogen-bond donors (Lipinski definition) is 3. The molecule has 2 aromatic carbocycles. The summed E-state index contributed by atoms with van der Waals surface area (Å²) in [5, 5.41) is 13.7. The number of aliphatic carboxylic acids is 1. The average Bonchev–Trinajstić information content (AvgIpc) is 3.11. The fraction of sp³-hybridized carbons (Fsp3) is 0.320. The number of carboxylic acids is 1. The zero-order valence-electron chi connectivity index (χ0n) is 17.7. The highest BCUT2D eigenvalue weighted by molar-refractivity contribution is 5.86. The normalized spacial score (nSPS) is 11.5. The van der Waals surface area contributed by atoms with Gasteiger partial charge in [-0.3, -0.25) is 4.79 Å². The van der Waals surface area contributed by atoms with Crippen molar-refractivity contribution in [3.05, 3.63) is 59.7 Å². The van der Waals surface area contributed by atoms with Crippen LogP contribution >= 0.6 is 0 Å². The predicted molar refractivity (Wildman–Crippen MR) is 120 cm³/mol. The Hall–Kier alpha value is -3.79. The number of carboxylic acid groups (broad SMARTS) is 1. The molecule has 166 valence electrons. The lowest BCUT2D eigenvalue weighted by atomic mass is 9.98. The molecule has 0 unspecified atom stereocenters. The highest BCUT2D eigenvalue weighted by Gasteiger charge is 2.28. The maximum absolute atomic E-state index is 12.1. The number of carbonyl (C=O) groups is 3. The van der Waals surface area contributed by atoms with Crippen LogP contribution in [0.15, 0.2) is 48.5 Å². The van der Waals surface area contributed by atoms with E-state index in [1.165, 1.54) is 22.3 Å². The zero-order chi connectivity index (χ0) is 22.8. The number of rotatable bonds is 9. The van der Waals surface area contributed by atoms with E-state index < -0.39 is 12.1 Å². The van der Waals surface area contributed by atoms with Crippen LogP contribution < -0.4 is 10.6 Å². The standard InChI is InChI=1S/C25H26N2O5/c28-23(26-16-8-14-24(29)30)13-2-1-7-15-27-25(31)32-17-22-20-11-5-3-9-18(20)19-10-4-6-12-21(19)22/h3-6,9-12,22H,1-2,7,13,15-17H2,(H,26,28)(H,27,31)(H,29,30). The average molecular weight is 434 g/mol. The molecule has 1 aliphatic carbocycles. The van der Waals surface area contributed by atoms with Crippen LogP contribution in [0.1, 0.15) is 42.7 Å². The lowest BCUT2D eigenvalue weighted by Crippen LogP contribution is -2.27. The number of ether oxygens (including phenoxy) is 1. The Kier molecular flexibility index (Phi) is 8.27. The molecule has 1 aliphatic rings. The van der Waals surface area contributed by atoms with E-state index in [0.29, 0.717) is 19.4 Å². The third-order valence-corrected chi connectivity index (χ3v) is 5.26. The molecule has 0 bridgehead atoms. The van der Waals surface area contributed by atoms with Crippen molar-refractivity contribution in [2.75, 3.05) is 19.7 Å². The second-order valence-corrected chi connectivity index (χ2v) is 7.45. The molecule has 7 nitrogen and oxygen atoms in total. The first-order valence-corrected chi connectivity index (χ1v) is 10.6. The van der Waals surface area contributed by atoms with E-state index >= 15 is 0 Å². The van der Waals surface area contributed by atoms with Gasteiger partial charge in [0.25, 0.3) is 0 Å². The van der Waals surface area contributed by atoms with Crippen LogP contribution in [0.3, 0.4) is 0 Å². The molecule has 3 N–H and O–H groups in total. The van der Waals surface area contributed by atoms with Crippen molar-refractivity contribution in [1.29, 1.82) is 0 Å². The van der Waals surface area contributed by atoms with Gasteiger partial charge >= 0.3 is 12.1 Å². The van der Waals surface area contributed by atoms with Crippen molar-refractivity contribution in [3.63, 3.8) is 0 Å². The Morgan fingerprint density at radius 3 is 2.22 bits per heavy atom. The largest absolute Gasteiger partial charge is 0.472 e. The molecule has 3 rings (SSSR count). The van der Waals surface area contributed by atoms with Gasteiger partial charge in [-0.05, 0) is 35.1 Å². The van der Waals surface area contributed by atoms with Gasteiger partial charge in [-0.2, -0.15) is 0 Å². The first-order valence-electron chi connectivity index (χ1n) is 10.6. The predicted octanol–water partition coefficient (Wildman–Crippen LogP) is 3.29. The Balaban J connectivity index is 1.32. The molecule has 0 saturated carbocycles. The minimum atomic E-state index is -1.22. The first-order chi connectivity index (χ1) is 15.6. The van der Waals surface area contributed by atoms with E-state index in [2.05, 4.69) is 40.8 Å². The fourth-order valence-electron chi connectivity index (χ4n) is 3.78. The van der Waals surface area contributed by atoms with Crippen molar-refractivity contribution in [3.8, 4) is 23.0 Å². The second-order valence-electron chi connectivity index (χ2n) is 7.45. The number of alkyl carbamates (subject to hydrolysis) is 1. The molecule has 0 saturated heterocycles. The van der Waals surface area contributed by atoms with Crippen LogP contribution in [0.4, 0.5) is 4.79 Å². The van der Waals surface area contributed by atoms with Gasteiger partial charge in [-0.1, -0.05) is 60.9 Å². The van der Waals surface area contributed by atoms with Crippen molar-refractivity contribution < 1.29 is 24.2 Å². The van der Waals surface area contributed by atoms with E-state index in [1.54, 1.807) is 0 Å². The smallest absolute Gasteiger partial charge is 0.407 e. The molecule has 0 spiro atoms. The summed E-state index contributed by atoms with van der Waals surface area (Å²) in [5.41, 5.74) is 4.73. The summed E-state index contributed by atoms with van der Waals surface area (Å²) in [6.45, 7) is 0.779. The minimum absolute atomic E-state index is 0.0223. The van der Waals surface area contributed by atoms with Crippen molar-refractivity contribution in [1.82, 2.24) is 10.6 Å². The molecule has 32 heavy (non-hydrogen) atoms. The van der Waals surface area contributed by atoms with Crippen LogP contribution in [0.5, 0.6) is 0 Å². The summed E-state index contributed by atoms with van der Waals surface area (Å²) in [6.07, 6.45) is 2.07. The number of carbonyl (C=O) groups excluding carboxylic acids is 2. The molecular formula is C25H26N2O5. The first kappa shape index (κ1) is 22.9. The van der Waals surface area contributed by atoms with E-state index in [0.717, 1.165) is 12.8 Å². The summed E-state index contributed by atoms with van der Waals surface area (Å²) < 4.78 is 5.49. The van der Waals surface area contributed by atoms with Crippen LogP contribution in [0.2, 0.25) is 0 Å². The summed E-state index contributed by atoms with van der Waals surface area (Å²) in [7, 11) is 0. The number of nitrogens with one attached hydrogen (secondary N) is 2. The fourth-order valence-corrected chi connectivity index (χ4v) is 3.78. The molecular weight excluding hydrogens is 408 g/mol. The lowest BCUT2D eigenvalue weighted by molar-refractivity contribution is -0.130. The number of unbranched alkanes of at least 4 members (excludes halogenated alkanes) is 2. The third-order valence-electron chi connectivity index (χ3n) is 5.26. The topological polar surface area (TPSA) is 105 Å². The van der Waals surface area contributed by atoms with Crippen molar-refractivity contribution in [2.45, 2.75) is 31.6 Å². The van der Waals surface area contributed by atoms with Gasteiger partial charge in [-0.15, -0.1) is 0 Å². The van der Waals surface area contributed by atoms with Gasteiger partial charge < -0.3 is 20.5 Å². The van der Waals surface area contributed by atoms with Gasteiger partial charge in [0, 0.05) is 24.8 Å². The highest BCUT2D eigenvalue weighted by atomic mass is 16.5. The second kappa shape index (κ2) is 11.6. The van der Waals surface area contributed by atoms with Gasteiger partial charge in [0.05, 0.1) is 6.54 Å². The molecule has 0 heterocycles. The zero-order valence-corrected chi connectivity index (χ0v) is 17.7. The third kappa shape index (κ3) is 6.35. The quantitative estimate of drug-likeness (QED) is 0.415. The summed E-state index contributed by atoms with van der Waals surface area (Å²) in [6, 6.07) is 16.4. The number of amides is 2. The molecule has 0 radical (unpaired) electrons.